The molecule has 2 rings (SSSR count). The molecule has 0 aromatic heterocycles. The van der Waals surface area contributed by atoms with Gasteiger partial charge in [-0.3, -0.25) is 14.9 Å². The van der Waals surface area contributed by atoms with E-state index in [0.29, 0.717) is 19.7 Å². The van der Waals surface area contributed by atoms with Crippen molar-refractivity contribution in [1.29, 1.82) is 0 Å². The van der Waals surface area contributed by atoms with E-state index in [4.69, 9.17) is 4.74 Å². The maximum atomic E-state index is 12.2. The topological polar surface area (TPSA) is 92.9 Å². The van der Waals surface area contributed by atoms with Crippen molar-refractivity contribution >= 4 is 11.6 Å². The minimum absolute atomic E-state index is 0.0525. The molecule has 102 valence electrons. The number of hydrogen-bond acceptors (Lipinski definition) is 5. The molecule has 1 saturated heterocycles. The van der Waals surface area contributed by atoms with E-state index in [1.807, 2.05) is 6.92 Å². The lowest BCUT2D eigenvalue weighted by atomic mass is 10.1. The minimum Gasteiger partial charge on any atom is -0.502 e. The molecule has 1 atom stereocenters. The maximum Gasteiger partial charge on any atom is 0.311 e. The van der Waals surface area contributed by atoms with Crippen molar-refractivity contribution in [3.63, 3.8) is 0 Å². The first-order chi connectivity index (χ1) is 9.00. The Morgan fingerprint density at radius 1 is 1.58 bits per heavy atom. The summed E-state index contributed by atoms with van der Waals surface area (Å²) in [6.45, 7) is 3.07. The molecule has 0 spiro atoms. The normalized spacial score (nSPS) is 19.2. The number of benzene rings is 1. The van der Waals surface area contributed by atoms with Gasteiger partial charge in [-0.1, -0.05) is 6.07 Å². The van der Waals surface area contributed by atoms with Gasteiger partial charge in [-0.25, -0.2) is 0 Å². The Labute approximate surface area is 109 Å². The highest BCUT2D eigenvalue weighted by Gasteiger charge is 2.27. The van der Waals surface area contributed by atoms with Crippen molar-refractivity contribution in [2.24, 2.45) is 0 Å². The van der Waals surface area contributed by atoms with Crippen LogP contribution in [-0.2, 0) is 4.74 Å². The number of ether oxygens (including phenoxy) is 1. The average molecular weight is 266 g/mol. The molecule has 1 aromatic carbocycles. The fourth-order valence-corrected chi connectivity index (χ4v) is 2.02. The molecule has 1 N–H and O–H groups in total. The number of para-hydroxylation sites is 1. The Morgan fingerprint density at radius 2 is 2.32 bits per heavy atom. The molecule has 1 aromatic rings. The Morgan fingerprint density at radius 3 is 2.95 bits per heavy atom. The van der Waals surface area contributed by atoms with Crippen molar-refractivity contribution in [1.82, 2.24) is 4.90 Å². The van der Waals surface area contributed by atoms with Crippen molar-refractivity contribution in [3.05, 3.63) is 33.9 Å². The zero-order chi connectivity index (χ0) is 14.0. The summed E-state index contributed by atoms with van der Waals surface area (Å²) >= 11 is 0. The van der Waals surface area contributed by atoms with Gasteiger partial charge in [-0.2, -0.15) is 0 Å². The maximum absolute atomic E-state index is 12.2. The van der Waals surface area contributed by atoms with Gasteiger partial charge in [0.1, 0.15) is 0 Å². The summed E-state index contributed by atoms with van der Waals surface area (Å²) in [5.41, 5.74) is -0.518. The second-order valence-corrected chi connectivity index (χ2v) is 4.36. The van der Waals surface area contributed by atoms with E-state index < -0.39 is 22.3 Å². The lowest BCUT2D eigenvalue weighted by Gasteiger charge is -2.31. The molecule has 1 fully saturated rings. The third-order valence-corrected chi connectivity index (χ3v) is 2.97. The Hall–Kier alpha value is -2.15. The molecule has 19 heavy (non-hydrogen) atoms. The van der Waals surface area contributed by atoms with E-state index in [1.165, 1.54) is 17.0 Å². The predicted molar refractivity (Wildman–Crippen MR) is 66.1 cm³/mol. The van der Waals surface area contributed by atoms with Gasteiger partial charge in [0.25, 0.3) is 5.91 Å². The van der Waals surface area contributed by atoms with Crippen LogP contribution in [0.5, 0.6) is 5.75 Å². The van der Waals surface area contributed by atoms with Crippen LogP contribution >= 0.6 is 0 Å². The van der Waals surface area contributed by atoms with E-state index in [0.717, 1.165) is 6.07 Å². The first kappa shape index (κ1) is 13.3. The van der Waals surface area contributed by atoms with Crippen LogP contribution in [0.15, 0.2) is 18.2 Å². The molecule has 1 aliphatic heterocycles. The molecule has 0 radical (unpaired) electrons. The number of hydrogen-bond donors (Lipinski definition) is 1. The summed E-state index contributed by atoms with van der Waals surface area (Å²) < 4.78 is 5.32. The van der Waals surface area contributed by atoms with Crippen LogP contribution in [0.1, 0.15) is 17.3 Å². The van der Waals surface area contributed by atoms with Crippen molar-refractivity contribution < 1.29 is 19.6 Å². The molecular formula is C12H14N2O5. The monoisotopic (exact) mass is 266 g/mol. The first-order valence-corrected chi connectivity index (χ1v) is 5.88. The van der Waals surface area contributed by atoms with Gasteiger partial charge < -0.3 is 14.7 Å². The number of morpholine rings is 1. The number of rotatable bonds is 2. The molecule has 0 bridgehead atoms. The summed E-state index contributed by atoms with van der Waals surface area (Å²) in [5.74, 6) is -1.01. The van der Waals surface area contributed by atoms with Crippen LogP contribution < -0.4 is 0 Å². The predicted octanol–water partition coefficient (Wildman–Crippen LogP) is 1.16. The van der Waals surface area contributed by atoms with E-state index in [9.17, 15) is 20.0 Å². The number of carbonyl (C=O) groups is 1. The molecule has 0 saturated carbocycles. The van der Waals surface area contributed by atoms with E-state index in [2.05, 4.69) is 0 Å². The van der Waals surface area contributed by atoms with Crippen LogP contribution in [0.4, 0.5) is 5.69 Å². The molecule has 1 heterocycles. The smallest absolute Gasteiger partial charge is 0.311 e. The minimum atomic E-state index is -0.714. The fourth-order valence-electron chi connectivity index (χ4n) is 2.02. The van der Waals surface area contributed by atoms with Gasteiger partial charge >= 0.3 is 5.69 Å². The third-order valence-electron chi connectivity index (χ3n) is 2.97. The third kappa shape index (κ3) is 2.65. The number of nitrogens with zero attached hydrogens (tertiary/aromatic N) is 2. The Kier molecular flexibility index (Phi) is 3.66. The quantitative estimate of drug-likeness (QED) is 0.640. The molecular weight excluding hydrogens is 252 g/mol. The summed E-state index contributed by atoms with van der Waals surface area (Å²) in [6, 6.07) is 3.92. The van der Waals surface area contributed by atoms with E-state index in [1.54, 1.807) is 0 Å². The molecule has 7 nitrogen and oxygen atoms in total. The van der Waals surface area contributed by atoms with Gasteiger partial charge in [-0.15, -0.1) is 0 Å². The molecule has 0 aliphatic carbocycles. The zero-order valence-corrected chi connectivity index (χ0v) is 10.4. The molecule has 1 amide bonds. The van der Waals surface area contributed by atoms with Crippen LogP contribution in [-0.4, -0.2) is 46.6 Å². The first-order valence-electron chi connectivity index (χ1n) is 5.88. The number of carbonyl (C=O) groups excluding carboxylic acids is 1. The van der Waals surface area contributed by atoms with Crippen LogP contribution in [0.25, 0.3) is 0 Å². The standard InChI is InChI=1S/C12H14N2O5/c1-8-7-13(5-6-19-8)12(16)9-3-2-4-10(11(9)15)14(17)18/h2-4,8,15H,5-7H2,1H3. The number of phenolic OH excluding ortho intramolecular Hbond substituents is 1. The number of nitro groups is 1. The van der Waals surface area contributed by atoms with Crippen molar-refractivity contribution in [2.45, 2.75) is 13.0 Å². The Balaban J connectivity index is 2.28. The highest BCUT2D eigenvalue weighted by atomic mass is 16.6. The fraction of sp³-hybridized carbons (Fsp3) is 0.417. The number of nitro benzene ring substituents is 1. The summed E-state index contributed by atoms with van der Waals surface area (Å²) in [7, 11) is 0. The number of aromatic hydroxyl groups is 1. The number of amides is 1. The van der Waals surface area contributed by atoms with Gasteiger partial charge in [0.2, 0.25) is 5.75 Å². The van der Waals surface area contributed by atoms with Gasteiger partial charge in [0.05, 0.1) is 23.2 Å². The van der Waals surface area contributed by atoms with Crippen LogP contribution in [0, 0.1) is 10.1 Å². The summed E-state index contributed by atoms with van der Waals surface area (Å²) in [6.07, 6.45) is -0.0847. The highest BCUT2D eigenvalue weighted by Crippen LogP contribution is 2.30. The Bertz CT molecular complexity index is 517. The number of phenols is 1. The lowest BCUT2D eigenvalue weighted by molar-refractivity contribution is -0.385. The SMILES string of the molecule is CC1CN(C(=O)c2cccc([N+](=O)[O-])c2O)CCO1. The van der Waals surface area contributed by atoms with E-state index >= 15 is 0 Å². The van der Waals surface area contributed by atoms with Gasteiger partial charge in [0.15, 0.2) is 0 Å². The molecule has 7 heteroatoms. The van der Waals surface area contributed by atoms with Crippen LogP contribution in [0.3, 0.4) is 0 Å². The largest absolute Gasteiger partial charge is 0.502 e. The molecule has 1 aliphatic rings. The average Bonchev–Trinajstić information content (AvgIpc) is 2.38. The summed E-state index contributed by atoms with van der Waals surface area (Å²) in [5, 5.41) is 20.5. The summed E-state index contributed by atoms with van der Waals surface area (Å²) in [4.78, 5) is 23.8. The second kappa shape index (κ2) is 5.23. The zero-order valence-electron chi connectivity index (χ0n) is 10.4. The lowest BCUT2D eigenvalue weighted by Crippen LogP contribution is -2.44. The van der Waals surface area contributed by atoms with Gasteiger partial charge in [-0.05, 0) is 13.0 Å². The van der Waals surface area contributed by atoms with Gasteiger partial charge in [0, 0.05) is 19.2 Å². The van der Waals surface area contributed by atoms with Crippen LogP contribution in [0.2, 0.25) is 0 Å². The van der Waals surface area contributed by atoms with Crippen molar-refractivity contribution in [2.75, 3.05) is 19.7 Å². The highest BCUT2D eigenvalue weighted by molar-refractivity contribution is 5.98. The van der Waals surface area contributed by atoms with Crippen molar-refractivity contribution in [3.8, 4) is 5.75 Å². The van der Waals surface area contributed by atoms with E-state index in [-0.39, 0.29) is 11.7 Å². The second-order valence-electron chi connectivity index (χ2n) is 4.36. The molecule has 1 unspecified atom stereocenters.